The number of nitrogens with two attached hydrogens (primary N) is 1. The van der Waals surface area contributed by atoms with E-state index in [-0.39, 0.29) is 5.56 Å². The molecule has 0 spiro atoms. The van der Waals surface area contributed by atoms with Crippen molar-refractivity contribution in [3.8, 4) is 22.8 Å². The van der Waals surface area contributed by atoms with Gasteiger partial charge in [0.25, 0.3) is 0 Å². The highest BCUT2D eigenvalue weighted by atomic mass is 16.5. The Hall–Kier alpha value is -4.27. The third kappa shape index (κ3) is 6.26. The summed E-state index contributed by atoms with van der Waals surface area (Å²) >= 11 is 0. The molecule has 8 heteroatoms. The Morgan fingerprint density at radius 2 is 1.72 bits per heavy atom. The van der Waals surface area contributed by atoms with Gasteiger partial charge in [-0.15, -0.1) is 0 Å². The summed E-state index contributed by atoms with van der Waals surface area (Å²) in [6, 6.07) is 25.0. The van der Waals surface area contributed by atoms with Crippen LogP contribution in [0.4, 0.5) is 17.1 Å². The zero-order valence-corrected chi connectivity index (χ0v) is 24.5. The molecule has 8 nitrogen and oxygen atoms in total. The molecule has 43 heavy (non-hydrogen) atoms. The van der Waals surface area contributed by atoms with Gasteiger partial charge in [0.05, 0.1) is 18.9 Å². The van der Waals surface area contributed by atoms with Crippen molar-refractivity contribution in [3.05, 3.63) is 99.8 Å². The zero-order chi connectivity index (χ0) is 29.2. The van der Waals surface area contributed by atoms with Gasteiger partial charge >= 0.3 is 0 Å². The van der Waals surface area contributed by atoms with E-state index in [2.05, 4.69) is 62.6 Å². The Morgan fingerprint density at radius 1 is 0.907 bits per heavy atom. The Kier molecular flexibility index (Phi) is 7.79. The minimum absolute atomic E-state index is 0.115. The van der Waals surface area contributed by atoms with E-state index in [1.54, 1.807) is 6.07 Å². The fourth-order valence-electron chi connectivity index (χ4n) is 6.46. The van der Waals surface area contributed by atoms with E-state index in [1.807, 2.05) is 24.3 Å². The molecule has 1 aromatic heterocycles. The van der Waals surface area contributed by atoms with Crippen molar-refractivity contribution in [1.29, 1.82) is 0 Å². The molecule has 0 aliphatic carbocycles. The largest absolute Gasteiger partial charge is 0.456 e. The topological polar surface area (TPSA) is 95.9 Å². The second-order valence-electron chi connectivity index (χ2n) is 11.9. The van der Waals surface area contributed by atoms with Crippen molar-refractivity contribution < 1.29 is 9.47 Å². The van der Waals surface area contributed by atoms with Crippen LogP contribution in [-0.2, 0) is 17.6 Å². The molecular weight excluding hydrogens is 538 g/mol. The van der Waals surface area contributed by atoms with Crippen molar-refractivity contribution in [1.82, 2.24) is 9.88 Å². The molecule has 3 aliphatic rings. The molecule has 2 saturated heterocycles. The average molecular weight is 578 g/mol. The lowest BCUT2D eigenvalue weighted by Crippen LogP contribution is -2.40. The monoisotopic (exact) mass is 577 g/mol. The highest BCUT2D eigenvalue weighted by Gasteiger charge is 2.24. The number of hydrogen-bond donors (Lipinski definition) is 3. The van der Waals surface area contributed by atoms with E-state index < -0.39 is 0 Å². The number of anilines is 3. The number of nitrogens with one attached hydrogen (secondary N) is 2. The van der Waals surface area contributed by atoms with Crippen LogP contribution >= 0.6 is 0 Å². The summed E-state index contributed by atoms with van der Waals surface area (Å²) in [6.07, 6.45) is 4.10. The maximum Gasteiger partial charge on any atom is 0.250 e. The molecule has 222 valence electrons. The number of ether oxygens (including phenoxy) is 2. The van der Waals surface area contributed by atoms with Crippen LogP contribution in [0, 0.1) is 0 Å². The first-order valence-electron chi connectivity index (χ1n) is 15.4. The van der Waals surface area contributed by atoms with Crippen molar-refractivity contribution in [2.75, 3.05) is 61.9 Å². The standard InChI is InChI=1S/C35H39N5O3/c36-27-6-4-24(5-7-27)10-13-39-14-11-28(12-15-39)37-29-8-9-33-26(21-29)20-25-2-1-3-31(35(25)43-33)32-22-30(23-34(41)38-32)40-16-18-42-19-17-40/h1-9,21-23,28,37H,10-20,36H2,(H,38,41). The fraction of sp³-hybridized carbons (Fsp3) is 0.343. The smallest absolute Gasteiger partial charge is 0.250 e. The summed E-state index contributed by atoms with van der Waals surface area (Å²) in [7, 11) is 0. The molecule has 0 atom stereocenters. The Bertz CT molecular complexity index is 1640. The Labute approximate surface area is 252 Å². The summed E-state index contributed by atoms with van der Waals surface area (Å²) in [6.45, 7) is 6.19. The van der Waals surface area contributed by atoms with Gasteiger partial charge < -0.3 is 35.3 Å². The Morgan fingerprint density at radius 3 is 2.53 bits per heavy atom. The lowest BCUT2D eigenvalue weighted by molar-refractivity contribution is 0.122. The van der Waals surface area contributed by atoms with Crippen molar-refractivity contribution in [2.45, 2.75) is 31.7 Å². The maximum atomic E-state index is 12.6. The highest BCUT2D eigenvalue weighted by molar-refractivity contribution is 5.74. The molecule has 0 radical (unpaired) electrons. The van der Waals surface area contributed by atoms with Crippen LogP contribution < -0.4 is 26.2 Å². The third-order valence-electron chi connectivity index (χ3n) is 8.90. The molecule has 0 amide bonds. The number of rotatable bonds is 7. The minimum atomic E-state index is -0.115. The van der Waals surface area contributed by atoms with E-state index in [0.717, 1.165) is 104 Å². The number of morpholine rings is 1. The number of fused-ring (bicyclic) bond motifs is 2. The lowest BCUT2D eigenvalue weighted by Gasteiger charge is -2.33. The number of piperidine rings is 1. The van der Waals surface area contributed by atoms with Crippen LogP contribution in [0.15, 0.2) is 77.6 Å². The molecule has 0 unspecified atom stereocenters. The van der Waals surface area contributed by atoms with Gasteiger partial charge in [0.1, 0.15) is 11.5 Å². The molecule has 4 N–H and O–H groups in total. The van der Waals surface area contributed by atoms with E-state index >= 15 is 0 Å². The number of para-hydroxylation sites is 1. The predicted molar refractivity (Wildman–Crippen MR) is 172 cm³/mol. The first kappa shape index (κ1) is 27.6. The molecular formula is C35H39N5O3. The van der Waals surface area contributed by atoms with Crippen LogP contribution in [0.1, 0.15) is 29.5 Å². The van der Waals surface area contributed by atoms with Gasteiger partial charge in [-0.3, -0.25) is 4.79 Å². The van der Waals surface area contributed by atoms with Crippen LogP contribution in [-0.4, -0.2) is 61.9 Å². The van der Waals surface area contributed by atoms with Gasteiger partial charge in [0, 0.05) is 79.4 Å². The highest BCUT2D eigenvalue weighted by Crippen LogP contribution is 2.43. The third-order valence-corrected chi connectivity index (χ3v) is 8.90. The predicted octanol–water partition coefficient (Wildman–Crippen LogP) is 5.28. The van der Waals surface area contributed by atoms with Crippen molar-refractivity contribution >= 4 is 17.1 Å². The van der Waals surface area contributed by atoms with Gasteiger partial charge in [-0.2, -0.15) is 0 Å². The van der Waals surface area contributed by atoms with Crippen molar-refractivity contribution in [2.24, 2.45) is 0 Å². The summed E-state index contributed by atoms with van der Waals surface area (Å²) < 4.78 is 12.0. The van der Waals surface area contributed by atoms with Crippen LogP contribution in [0.2, 0.25) is 0 Å². The van der Waals surface area contributed by atoms with E-state index in [4.69, 9.17) is 15.2 Å². The van der Waals surface area contributed by atoms with Gasteiger partial charge in [-0.25, -0.2) is 0 Å². The number of H-pyrrole nitrogens is 1. The molecule has 7 rings (SSSR count). The average Bonchev–Trinajstić information content (AvgIpc) is 3.04. The number of aromatic nitrogens is 1. The van der Waals surface area contributed by atoms with E-state index in [1.165, 1.54) is 11.1 Å². The first-order valence-corrected chi connectivity index (χ1v) is 15.4. The molecule has 3 aromatic carbocycles. The number of aromatic amines is 1. The lowest BCUT2D eigenvalue weighted by atomic mass is 9.95. The molecule has 0 saturated carbocycles. The van der Waals surface area contributed by atoms with Crippen LogP contribution in [0.3, 0.4) is 0 Å². The number of benzene rings is 3. The van der Waals surface area contributed by atoms with Gasteiger partial charge in [0.2, 0.25) is 5.56 Å². The van der Waals surface area contributed by atoms with Crippen molar-refractivity contribution in [3.63, 3.8) is 0 Å². The number of likely N-dealkylation sites (tertiary alicyclic amines) is 1. The van der Waals surface area contributed by atoms with Gasteiger partial charge in [0.15, 0.2) is 0 Å². The van der Waals surface area contributed by atoms with Gasteiger partial charge in [-0.05, 0) is 72.9 Å². The SMILES string of the molecule is Nc1ccc(CCN2CCC(Nc3ccc4c(c3)Cc3cccc(-c5cc(N6CCOCC6)cc(=O)[nH]5)c3O4)CC2)cc1. The Balaban J connectivity index is 1.00. The normalized spacial score (nSPS) is 17.2. The summed E-state index contributed by atoms with van der Waals surface area (Å²) in [5.41, 5.74) is 13.9. The molecule has 2 fully saturated rings. The zero-order valence-electron chi connectivity index (χ0n) is 24.5. The number of nitrogens with zero attached hydrogens (tertiary/aromatic N) is 2. The molecule has 4 aromatic rings. The number of nitrogen functional groups attached to an aromatic ring is 1. The maximum absolute atomic E-state index is 12.6. The summed E-state index contributed by atoms with van der Waals surface area (Å²) in [5, 5.41) is 3.79. The summed E-state index contributed by atoms with van der Waals surface area (Å²) in [5.74, 6) is 1.69. The fourth-order valence-corrected chi connectivity index (χ4v) is 6.46. The van der Waals surface area contributed by atoms with Crippen LogP contribution in [0.25, 0.3) is 11.3 Å². The number of pyridine rings is 1. The van der Waals surface area contributed by atoms with E-state index in [9.17, 15) is 4.79 Å². The second kappa shape index (κ2) is 12.1. The van der Waals surface area contributed by atoms with Crippen LogP contribution in [0.5, 0.6) is 11.5 Å². The van der Waals surface area contributed by atoms with E-state index in [0.29, 0.717) is 19.3 Å². The molecule has 0 bridgehead atoms. The summed E-state index contributed by atoms with van der Waals surface area (Å²) in [4.78, 5) is 20.5. The second-order valence-corrected chi connectivity index (χ2v) is 11.9. The molecule has 3 aliphatic heterocycles. The number of hydrogen-bond acceptors (Lipinski definition) is 7. The minimum Gasteiger partial charge on any atom is -0.456 e. The molecule has 4 heterocycles. The quantitative estimate of drug-likeness (QED) is 0.227. The van der Waals surface area contributed by atoms with Gasteiger partial charge in [-0.1, -0.05) is 24.3 Å². The first-order chi connectivity index (χ1) is 21.1.